The van der Waals surface area contributed by atoms with Gasteiger partial charge in [-0.1, -0.05) is 39.7 Å². The zero-order valence-electron chi connectivity index (χ0n) is 10.7. The first kappa shape index (κ1) is 14.6. The molecule has 0 radical (unpaired) electrons. The maximum absolute atomic E-state index is 9.34. The predicted molar refractivity (Wildman–Crippen MR) is 85.6 cm³/mol. The van der Waals surface area contributed by atoms with E-state index in [1.807, 2.05) is 24.3 Å². The van der Waals surface area contributed by atoms with Gasteiger partial charge in [-0.2, -0.15) is 5.26 Å². The quantitative estimate of drug-likeness (QED) is 0.566. The zero-order valence-corrected chi connectivity index (χ0v) is 13.1. The van der Waals surface area contributed by atoms with Crippen molar-refractivity contribution in [2.75, 3.05) is 7.11 Å². The van der Waals surface area contributed by atoms with E-state index in [1.165, 1.54) is 0 Å². The van der Waals surface area contributed by atoms with Gasteiger partial charge in [-0.15, -0.1) is 0 Å². The van der Waals surface area contributed by atoms with Gasteiger partial charge < -0.3 is 4.74 Å². The average Bonchev–Trinajstić information content (AvgIpc) is 2.46. The van der Waals surface area contributed by atoms with Crippen molar-refractivity contribution in [3.63, 3.8) is 0 Å². The molecular weight excluding hydrogens is 338 g/mol. The summed E-state index contributed by atoms with van der Waals surface area (Å²) in [4.78, 5) is 0. The maximum Gasteiger partial charge on any atom is 0.126 e. The summed E-state index contributed by atoms with van der Waals surface area (Å²) >= 11 is 9.37. The van der Waals surface area contributed by atoms with Gasteiger partial charge >= 0.3 is 0 Å². The van der Waals surface area contributed by atoms with E-state index in [2.05, 4.69) is 22.0 Å². The Labute approximate surface area is 131 Å². The summed E-state index contributed by atoms with van der Waals surface area (Å²) in [6, 6.07) is 15.1. The number of ether oxygens (including phenoxy) is 1. The van der Waals surface area contributed by atoms with Gasteiger partial charge in [0.1, 0.15) is 5.75 Å². The van der Waals surface area contributed by atoms with E-state index in [1.54, 1.807) is 31.4 Å². The second kappa shape index (κ2) is 6.60. The molecule has 0 fully saturated rings. The molecule has 2 aromatic carbocycles. The first-order chi connectivity index (χ1) is 9.63. The highest BCUT2D eigenvalue weighted by atomic mass is 79.9. The highest BCUT2D eigenvalue weighted by molar-refractivity contribution is 9.10. The van der Waals surface area contributed by atoms with Crippen LogP contribution in [-0.4, -0.2) is 7.11 Å². The van der Waals surface area contributed by atoms with Crippen LogP contribution in [0.5, 0.6) is 5.75 Å². The number of nitriles is 1. The molecular formula is C16H11BrClNO. The normalized spacial score (nSPS) is 11.0. The van der Waals surface area contributed by atoms with Crippen molar-refractivity contribution in [1.29, 1.82) is 5.26 Å². The molecule has 0 N–H and O–H groups in total. The van der Waals surface area contributed by atoms with E-state index >= 15 is 0 Å². The minimum atomic E-state index is 0.554. The van der Waals surface area contributed by atoms with E-state index in [0.717, 1.165) is 15.6 Å². The van der Waals surface area contributed by atoms with Crippen molar-refractivity contribution in [3.05, 3.63) is 63.1 Å². The van der Waals surface area contributed by atoms with Crippen molar-refractivity contribution in [3.8, 4) is 11.8 Å². The summed E-state index contributed by atoms with van der Waals surface area (Å²) in [5, 5.41) is 9.94. The summed E-state index contributed by atoms with van der Waals surface area (Å²) < 4.78 is 6.25. The fourth-order valence-corrected chi connectivity index (χ4v) is 2.23. The molecule has 2 rings (SSSR count). The SMILES string of the molecule is COc1ccc(Cl)cc1/C=C(\C#N)c1ccc(Br)cc1. The Kier molecular flexibility index (Phi) is 4.84. The number of rotatable bonds is 3. The molecule has 4 heteroatoms. The van der Waals surface area contributed by atoms with Crippen molar-refractivity contribution >= 4 is 39.2 Å². The van der Waals surface area contributed by atoms with E-state index < -0.39 is 0 Å². The largest absolute Gasteiger partial charge is 0.496 e. The van der Waals surface area contributed by atoms with E-state index in [9.17, 15) is 5.26 Å². The Bertz CT molecular complexity index is 687. The summed E-state index contributed by atoms with van der Waals surface area (Å²) in [5.41, 5.74) is 2.18. The number of halogens is 2. The number of allylic oxidation sites excluding steroid dienone is 1. The number of nitrogens with zero attached hydrogens (tertiary/aromatic N) is 1. The highest BCUT2D eigenvalue weighted by Gasteiger charge is 2.05. The lowest BCUT2D eigenvalue weighted by atomic mass is 10.0. The van der Waals surface area contributed by atoms with Crippen LogP contribution in [0.25, 0.3) is 11.6 Å². The first-order valence-electron chi connectivity index (χ1n) is 5.85. The maximum atomic E-state index is 9.34. The van der Waals surface area contributed by atoms with Gasteiger partial charge in [-0.3, -0.25) is 0 Å². The number of hydrogen-bond acceptors (Lipinski definition) is 2. The molecule has 0 atom stereocenters. The lowest BCUT2D eigenvalue weighted by Crippen LogP contribution is -1.88. The molecule has 0 saturated heterocycles. The summed E-state index contributed by atoms with van der Waals surface area (Å²) in [7, 11) is 1.59. The zero-order chi connectivity index (χ0) is 14.5. The van der Waals surface area contributed by atoms with Gasteiger partial charge in [0, 0.05) is 15.1 Å². The van der Waals surface area contributed by atoms with Crippen molar-refractivity contribution in [2.45, 2.75) is 0 Å². The molecule has 2 aromatic rings. The fourth-order valence-electron chi connectivity index (χ4n) is 1.78. The predicted octanol–water partition coefficient (Wildman–Crippen LogP) is 5.18. The van der Waals surface area contributed by atoms with E-state index in [4.69, 9.17) is 16.3 Å². The molecule has 2 nitrogen and oxygen atoms in total. The van der Waals surface area contributed by atoms with Gasteiger partial charge in [-0.25, -0.2) is 0 Å². The van der Waals surface area contributed by atoms with Crippen molar-refractivity contribution in [1.82, 2.24) is 0 Å². The second-order valence-electron chi connectivity index (χ2n) is 4.06. The smallest absolute Gasteiger partial charge is 0.126 e. The average molecular weight is 349 g/mol. The Morgan fingerprint density at radius 2 is 1.95 bits per heavy atom. The fraction of sp³-hybridized carbons (Fsp3) is 0.0625. The second-order valence-corrected chi connectivity index (χ2v) is 5.42. The number of hydrogen-bond donors (Lipinski definition) is 0. The lowest BCUT2D eigenvalue weighted by Gasteiger charge is -2.06. The van der Waals surface area contributed by atoms with Crippen LogP contribution < -0.4 is 4.74 Å². The van der Waals surface area contributed by atoms with Crippen LogP contribution >= 0.6 is 27.5 Å². The summed E-state index contributed by atoms with van der Waals surface area (Å²) in [5.74, 6) is 0.680. The molecule has 0 aliphatic carbocycles. The first-order valence-corrected chi connectivity index (χ1v) is 7.02. The third-order valence-corrected chi connectivity index (χ3v) is 3.53. The molecule has 0 aliphatic rings. The Balaban J connectivity index is 2.49. The molecule has 0 bridgehead atoms. The number of methoxy groups -OCH3 is 1. The highest BCUT2D eigenvalue weighted by Crippen LogP contribution is 2.27. The number of benzene rings is 2. The van der Waals surface area contributed by atoms with Crippen LogP contribution in [0, 0.1) is 11.3 Å². The molecule has 0 unspecified atom stereocenters. The van der Waals surface area contributed by atoms with Gasteiger partial charge in [-0.05, 0) is 42.0 Å². The summed E-state index contributed by atoms with van der Waals surface area (Å²) in [6.45, 7) is 0. The van der Waals surface area contributed by atoms with Gasteiger partial charge in [0.25, 0.3) is 0 Å². The molecule has 0 heterocycles. The minimum Gasteiger partial charge on any atom is -0.496 e. The van der Waals surface area contributed by atoms with Crippen LogP contribution in [0.1, 0.15) is 11.1 Å². The molecule has 0 spiro atoms. The van der Waals surface area contributed by atoms with E-state index in [0.29, 0.717) is 16.3 Å². The Morgan fingerprint density at radius 3 is 2.55 bits per heavy atom. The van der Waals surface area contributed by atoms with Crippen molar-refractivity contribution in [2.24, 2.45) is 0 Å². The third-order valence-electron chi connectivity index (χ3n) is 2.77. The van der Waals surface area contributed by atoms with Crippen LogP contribution in [-0.2, 0) is 0 Å². The van der Waals surface area contributed by atoms with E-state index in [-0.39, 0.29) is 0 Å². The molecule has 100 valence electrons. The molecule has 0 amide bonds. The van der Waals surface area contributed by atoms with Crippen molar-refractivity contribution < 1.29 is 4.74 Å². The molecule has 0 saturated carbocycles. The van der Waals surface area contributed by atoms with Crippen LogP contribution in [0.15, 0.2) is 46.9 Å². The molecule has 20 heavy (non-hydrogen) atoms. The van der Waals surface area contributed by atoms with Crippen LogP contribution in [0.3, 0.4) is 0 Å². The topological polar surface area (TPSA) is 33.0 Å². The van der Waals surface area contributed by atoms with Gasteiger partial charge in [0.15, 0.2) is 0 Å². The molecule has 0 aromatic heterocycles. The standard InChI is InChI=1S/C16H11BrClNO/c1-20-16-7-6-15(18)9-12(16)8-13(10-19)11-2-4-14(17)5-3-11/h2-9H,1H3/b13-8+. The Hall–Kier alpha value is -1.76. The monoisotopic (exact) mass is 347 g/mol. The van der Waals surface area contributed by atoms with Gasteiger partial charge in [0.2, 0.25) is 0 Å². The summed E-state index contributed by atoms with van der Waals surface area (Å²) in [6.07, 6.45) is 1.77. The third kappa shape index (κ3) is 3.41. The molecule has 0 aliphatic heterocycles. The lowest BCUT2D eigenvalue weighted by molar-refractivity contribution is 0.414. The van der Waals surface area contributed by atoms with Crippen LogP contribution in [0.4, 0.5) is 0 Å². The Morgan fingerprint density at radius 1 is 1.25 bits per heavy atom. The minimum absolute atomic E-state index is 0.554. The van der Waals surface area contributed by atoms with Crippen LogP contribution in [0.2, 0.25) is 5.02 Å². The van der Waals surface area contributed by atoms with Gasteiger partial charge in [0.05, 0.1) is 18.8 Å².